The van der Waals surface area contributed by atoms with Gasteiger partial charge in [-0.2, -0.15) is 0 Å². The van der Waals surface area contributed by atoms with Gasteiger partial charge in [0.2, 0.25) is 10.0 Å². The Balaban J connectivity index is 2.25. The largest absolute Gasteiger partial charge is 0.505 e. The maximum absolute atomic E-state index is 12.0. The third-order valence-corrected chi connectivity index (χ3v) is 3.75. The van der Waals surface area contributed by atoms with Crippen molar-refractivity contribution in [1.29, 1.82) is 0 Å². The maximum Gasteiger partial charge on any atom is 0.339 e. The Kier molecular flexibility index (Phi) is 3.85. The molecule has 1 heterocycles. The van der Waals surface area contributed by atoms with Crippen LogP contribution in [0.5, 0.6) is 5.75 Å². The fourth-order valence-corrected chi connectivity index (χ4v) is 2.78. The molecular weight excluding hydrogens is 300 g/mol. The van der Waals surface area contributed by atoms with Gasteiger partial charge in [0.15, 0.2) is 5.75 Å². The molecule has 0 saturated heterocycles. The molecule has 0 amide bonds. The Morgan fingerprint density at radius 1 is 1.43 bits per heavy atom. The molecule has 1 aromatic heterocycles. The Hall–Kier alpha value is -2.55. The predicted molar refractivity (Wildman–Crippen MR) is 72.6 cm³/mol. The lowest BCUT2D eigenvalue weighted by atomic mass is 10.2. The summed E-state index contributed by atoms with van der Waals surface area (Å²) >= 11 is 0. The number of hydrogen-bond donors (Lipinski definition) is 3. The summed E-state index contributed by atoms with van der Waals surface area (Å²) in [5.41, 5.74) is -0.406. The quantitative estimate of drug-likeness (QED) is 0.710. The summed E-state index contributed by atoms with van der Waals surface area (Å²) in [4.78, 5) is 10.9. The van der Waals surface area contributed by atoms with Gasteiger partial charge < -0.3 is 14.7 Å². The van der Waals surface area contributed by atoms with Gasteiger partial charge >= 0.3 is 5.97 Å². The fourth-order valence-electron chi connectivity index (χ4n) is 1.68. The van der Waals surface area contributed by atoms with E-state index in [1.807, 2.05) is 0 Å². The predicted octanol–water partition coefficient (Wildman–Crippen LogP) is 1.33. The molecule has 0 atom stereocenters. The molecular formula is C12H12N2O6S. The third-order valence-electron chi connectivity index (χ3n) is 2.55. The van der Waals surface area contributed by atoms with E-state index in [0.29, 0.717) is 5.76 Å². The highest BCUT2D eigenvalue weighted by Crippen LogP contribution is 2.28. The number of carboxylic acid groups (broad SMARTS) is 1. The van der Waals surface area contributed by atoms with Crippen molar-refractivity contribution in [2.24, 2.45) is 0 Å². The van der Waals surface area contributed by atoms with Gasteiger partial charge in [-0.05, 0) is 19.1 Å². The van der Waals surface area contributed by atoms with Crippen LogP contribution in [0.2, 0.25) is 0 Å². The minimum Gasteiger partial charge on any atom is -0.505 e. The molecule has 2 rings (SSSR count). The van der Waals surface area contributed by atoms with E-state index in [4.69, 9.17) is 9.63 Å². The third kappa shape index (κ3) is 3.51. The molecule has 0 fully saturated rings. The first-order valence-electron chi connectivity index (χ1n) is 5.76. The molecule has 3 N–H and O–H groups in total. The molecule has 21 heavy (non-hydrogen) atoms. The van der Waals surface area contributed by atoms with E-state index in [0.717, 1.165) is 6.07 Å². The number of carbonyl (C=O) groups is 1. The Bertz CT molecular complexity index is 781. The lowest BCUT2D eigenvalue weighted by Gasteiger charge is -2.09. The second-order valence-electron chi connectivity index (χ2n) is 4.30. The van der Waals surface area contributed by atoms with Crippen molar-refractivity contribution in [3.05, 3.63) is 41.3 Å². The van der Waals surface area contributed by atoms with Crippen molar-refractivity contribution in [3.8, 4) is 5.75 Å². The average Bonchev–Trinajstić information content (AvgIpc) is 2.76. The molecule has 0 spiro atoms. The Morgan fingerprint density at radius 3 is 2.71 bits per heavy atom. The van der Waals surface area contributed by atoms with E-state index in [1.54, 1.807) is 6.92 Å². The molecule has 1 aromatic carbocycles. The van der Waals surface area contributed by atoms with Gasteiger partial charge in [0.1, 0.15) is 22.8 Å². The normalized spacial score (nSPS) is 11.3. The van der Waals surface area contributed by atoms with Crippen LogP contribution in [0.3, 0.4) is 0 Å². The van der Waals surface area contributed by atoms with Crippen molar-refractivity contribution >= 4 is 21.7 Å². The van der Waals surface area contributed by atoms with Gasteiger partial charge in [-0.25, -0.2) is 13.2 Å². The van der Waals surface area contributed by atoms with E-state index in [-0.39, 0.29) is 11.4 Å². The second-order valence-corrected chi connectivity index (χ2v) is 6.02. The lowest BCUT2D eigenvalue weighted by molar-refractivity contribution is 0.0694. The van der Waals surface area contributed by atoms with Gasteiger partial charge in [0.05, 0.1) is 5.69 Å². The summed E-state index contributed by atoms with van der Waals surface area (Å²) < 4.78 is 30.8. The van der Waals surface area contributed by atoms with Gasteiger partial charge in [-0.1, -0.05) is 11.2 Å². The van der Waals surface area contributed by atoms with Crippen LogP contribution in [0.4, 0.5) is 5.69 Å². The van der Waals surface area contributed by atoms with E-state index in [9.17, 15) is 18.3 Å². The summed E-state index contributed by atoms with van der Waals surface area (Å²) in [5, 5.41) is 22.2. The summed E-state index contributed by atoms with van der Waals surface area (Å²) in [6, 6.07) is 5.21. The number of nitrogens with one attached hydrogen (secondary N) is 1. The summed E-state index contributed by atoms with van der Waals surface area (Å²) in [5.74, 6) is -2.00. The number of carboxylic acids is 1. The highest BCUT2D eigenvalue weighted by molar-refractivity contribution is 7.91. The van der Waals surface area contributed by atoms with Crippen LogP contribution < -0.4 is 4.72 Å². The molecule has 0 saturated carbocycles. The molecule has 0 aliphatic rings. The molecule has 0 bridgehead atoms. The van der Waals surface area contributed by atoms with Crippen molar-refractivity contribution < 1.29 is 27.9 Å². The average molecular weight is 312 g/mol. The molecule has 0 aliphatic carbocycles. The van der Waals surface area contributed by atoms with E-state index < -0.39 is 33.1 Å². The highest BCUT2D eigenvalue weighted by atomic mass is 32.2. The lowest BCUT2D eigenvalue weighted by Crippen LogP contribution is -2.16. The van der Waals surface area contributed by atoms with Crippen LogP contribution in [-0.2, 0) is 15.8 Å². The summed E-state index contributed by atoms with van der Waals surface area (Å²) in [6.07, 6.45) is 0. The number of aryl methyl sites for hydroxylation is 1. The molecule has 9 heteroatoms. The number of para-hydroxylation sites is 1. The van der Waals surface area contributed by atoms with Crippen LogP contribution in [0.25, 0.3) is 0 Å². The first-order chi connectivity index (χ1) is 9.78. The molecule has 8 nitrogen and oxygen atoms in total. The number of benzene rings is 1. The number of anilines is 1. The zero-order valence-electron chi connectivity index (χ0n) is 10.9. The number of aromatic hydroxyl groups is 1. The number of hydrogen-bond acceptors (Lipinski definition) is 6. The molecule has 112 valence electrons. The van der Waals surface area contributed by atoms with Crippen molar-refractivity contribution in [2.75, 3.05) is 4.72 Å². The minimum atomic E-state index is -3.86. The number of rotatable bonds is 5. The van der Waals surface area contributed by atoms with E-state index in [1.165, 1.54) is 18.2 Å². The fraction of sp³-hybridized carbons (Fsp3) is 0.167. The van der Waals surface area contributed by atoms with Crippen molar-refractivity contribution in [2.45, 2.75) is 12.7 Å². The highest BCUT2D eigenvalue weighted by Gasteiger charge is 2.19. The number of aromatic nitrogens is 1. The van der Waals surface area contributed by atoms with Crippen LogP contribution >= 0.6 is 0 Å². The van der Waals surface area contributed by atoms with Gasteiger partial charge in [-0.15, -0.1) is 0 Å². The van der Waals surface area contributed by atoms with Crippen LogP contribution in [0.1, 0.15) is 21.8 Å². The van der Waals surface area contributed by atoms with Gasteiger partial charge in [0.25, 0.3) is 0 Å². The minimum absolute atomic E-state index is 0.203. The molecule has 2 aromatic rings. The molecule has 0 aliphatic heterocycles. The molecule has 0 unspecified atom stereocenters. The van der Waals surface area contributed by atoms with Gasteiger partial charge in [0, 0.05) is 6.07 Å². The summed E-state index contributed by atoms with van der Waals surface area (Å²) in [6.45, 7) is 1.62. The summed E-state index contributed by atoms with van der Waals surface area (Å²) in [7, 11) is -3.86. The van der Waals surface area contributed by atoms with Crippen molar-refractivity contribution in [3.63, 3.8) is 0 Å². The van der Waals surface area contributed by atoms with Crippen LogP contribution in [0, 0.1) is 6.92 Å². The number of phenols is 1. The second kappa shape index (κ2) is 5.44. The van der Waals surface area contributed by atoms with E-state index >= 15 is 0 Å². The first kappa shape index (κ1) is 14.9. The maximum atomic E-state index is 12.0. The number of nitrogens with zero attached hydrogens (tertiary/aromatic N) is 1. The zero-order chi connectivity index (χ0) is 15.6. The molecule has 0 radical (unpaired) electrons. The van der Waals surface area contributed by atoms with Crippen LogP contribution in [-0.4, -0.2) is 29.8 Å². The standard InChI is InChI=1S/C12H12N2O6S/c1-7-5-8(13-20-7)6-21(18,19)14-10-4-2-3-9(11(10)15)12(16)17/h2-5,14-15H,6H2,1H3,(H,16,17). The SMILES string of the molecule is Cc1cc(CS(=O)(=O)Nc2cccc(C(=O)O)c2O)no1. The number of sulfonamides is 1. The smallest absolute Gasteiger partial charge is 0.339 e. The number of aromatic carboxylic acids is 1. The van der Waals surface area contributed by atoms with Crippen molar-refractivity contribution in [1.82, 2.24) is 5.16 Å². The first-order valence-corrected chi connectivity index (χ1v) is 7.41. The van der Waals surface area contributed by atoms with Gasteiger partial charge in [-0.3, -0.25) is 4.72 Å². The Labute approximate surface area is 120 Å². The van der Waals surface area contributed by atoms with Crippen LogP contribution in [0.15, 0.2) is 28.8 Å². The Morgan fingerprint density at radius 2 is 2.14 bits per heavy atom. The van der Waals surface area contributed by atoms with E-state index in [2.05, 4.69) is 9.88 Å². The zero-order valence-corrected chi connectivity index (χ0v) is 11.7. The topological polar surface area (TPSA) is 130 Å². The monoisotopic (exact) mass is 312 g/mol.